The van der Waals surface area contributed by atoms with E-state index in [1.54, 1.807) is 6.92 Å². The molecule has 0 aromatic rings. The van der Waals surface area contributed by atoms with Crippen molar-refractivity contribution in [2.24, 2.45) is 0 Å². The molecule has 0 aromatic heterocycles. The molecule has 2 amide bonds. The molecule has 1 aliphatic rings. The summed E-state index contributed by atoms with van der Waals surface area (Å²) in [5.41, 5.74) is 0. The topological polar surface area (TPSA) is 57.6 Å². The van der Waals surface area contributed by atoms with Gasteiger partial charge in [-0.3, -0.25) is 14.5 Å². The molecule has 0 radical (unpaired) electrons. The lowest BCUT2D eigenvalue weighted by Gasteiger charge is -2.14. The summed E-state index contributed by atoms with van der Waals surface area (Å²) in [6.07, 6.45) is 0.681. The maximum atomic E-state index is 11.0. The van der Waals surface area contributed by atoms with Crippen molar-refractivity contribution in [2.45, 2.75) is 32.3 Å². The van der Waals surface area contributed by atoms with E-state index in [1.807, 2.05) is 0 Å². The molecule has 1 atom stereocenters. The maximum Gasteiger partial charge on any atom is 0.229 e. The van der Waals surface area contributed by atoms with Crippen LogP contribution in [-0.2, 0) is 9.59 Å². The highest BCUT2D eigenvalue weighted by Crippen LogP contribution is 2.12. The maximum absolute atomic E-state index is 11.0. The summed E-state index contributed by atoms with van der Waals surface area (Å²) < 4.78 is 0. The fraction of sp³-hybridized carbons (Fsp3) is 0.750. The first-order valence-electron chi connectivity index (χ1n) is 4.12. The number of nitrogens with zero attached hydrogens (tertiary/aromatic N) is 1. The highest BCUT2D eigenvalue weighted by molar-refractivity contribution is 6.01. The van der Waals surface area contributed by atoms with Crippen LogP contribution in [0.2, 0.25) is 0 Å². The van der Waals surface area contributed by atoms with Gasteiger partial charge >= 0.3 is 0 Å². The normalized spacial score (nSPS) is 20.3. The molecule has 0 aromatic carbocycles. The van der Waals surface area contributed by atoms with Crippen molar-refractivity contribution < 1.29 is 14.7 Å². The van der Waals surface area contributed by atoms with Crippen LogP contribution >= 0.6 is 0 Å². The highest BCUT2D eigenvalue weighted by Gasteiger charge is 2.28. The minimum Gasteiger partial charge on any atom is -0.393 e. The van der Waals surface area contributed by atoms with E-state index in [-0.39, 0.29) is 11.8 Å². The lowest BCUT2D eigenvalue weighted by Crippen LogP contribution is -2.31. The highest BCUT2D eigenvalue weighted by atomic mass is 16.3. The van der Waals surface area contributed by atoms with Crippen LogP contribution in [-0.4, -0.2) is 34.5 Å². The number of carbonyl (C=O) groups excluding carboxylic acids is 2. The van der Waals surface area contributed by atoms with E-state index < -0.39 is 6.10 Å². The number of hydrogen-bond acceptors (Lipinski definition) is 3. The minimum absolute atomic E-state index is 0.111. The molecule has 0 saturated carbocycles. The average molecular weight is 171 g/mol. The summed E-state index contributed by atoms with van der Waals surface area (Å²) in [6, 6.07) is 0. The number of hydrogen-bond donors (Lipinski definition) is 1. The molecule has 1 heterocycles. The van der Waals surface area contributed by atoms with E-state index in [9.17, 15) is 9.59 Å². The lowest BCUT2D eigenvalue weighted by molar-refractivity contribution is -0.138. The van der Waals surface area contributed by atoms with Crippen LogP contribution < -0.4 is 0 Å². The van der Waals surface area contributed by atoms with Crippen molar-refractivity contribution in [1.29, 1.82) is 0 Å². The molecule has 0 bridgehead atoms. The summed E-state index contributed by atoms with van der Waals surface area (Å²) in [7, 11) is 0. The molecule has 1 N–H and O–H groups in total. The van der Waals surface area contributed by atoms with Crippen LogP contribution in [0.5, 0.6) is 0 Å². The Morgan fingerprint density at radius 3 is 2.33 bits per heavy atom. The Morgan fingerprint density at radius 1 is 1.42 bits per heavy atom. The quantitative estimate of drug-likeness (QED) is 0.603. The van der Waals surface area contributed by atoms with Crippen LogP contribution in [0, 0.1) is 0 Å². The third kappa shape index (κ3) is 2.04. The van der Waals surface area contributed by atoms with Crippen molar-refractivity contribution in [2.75, 3.05) is 6.54 Å². The number of imide groups is 1. The van der Waals surface area contributed by atoms with E-state index in [4.69, 9.17) is 5.11 Å². The first-order chi connectivity index (χ1) is 5.61. The third-order valence-electron chi connectivity index (χ3n) is 1.93. The van der Waals surface area contributed by atoms with Gasteiger partial charge in [0.1, 0.15) is 0 Å². The smallest absolute Gasteiger partial charge is 0.229 e. The van der Waals surface area contributed by atoms with E-state index in [1.165, 1.54) is 4.90 Å². The Bertz CT molecular complexity index is 184. The number of carbonyl (C=O) groups is 2. The van der Waals surface area contributed by atoms with Gasteiger partial charge < -0.3 is 5.11 Å². The predicted octanol–water partition coefficient (Wildman–Crippen LogP) is -0.0937. The van der Waals surface area contributed by atoms with E-state index in [0.29, 0.717) is 25.8 Å². The molecule has 12 heavy (non-hydrogen) atoms. The van der Waals surface area contributed by atoms with Crippen molar-refractivity contribution >= 4 is 11.8 Å². The van der Waals surface area contributed by atoms with Gasteiger partial charge in [-0.05, 0) is 13.3 Å². The second-order valence-electron chi connectivity index (χ2n) is 3.08. The summed E-state index contributed by atoms with van der Waals surface area (Å²) >= 11 is 0. The fourth-order valence-corrected chi connectivity index (χ4v) is 1.19. The minimum atomic E-state index is -0.453. The molecule has 0 spiro atoms. The third-order valence-corrected chi connectivity index (χ3v) is 1.93. The zero-order chi connectivity index (χ0) is 9.14. The van der Waals surface area contributed by atoms with Gasteiger partial charge in [-0.1, -0.05) is 0 Å². The molecule has 4 heteroatoms. The first-order valence-corrected chi connectivity index (χ1v) is 4.12. The van der Waals surface area contributed by atoms with E-state index >= 15 is 0 Å². The van der Waals surface area contributed by atoms with Gasteiger partial charge in [0, 0.05) is 19.4 Å². The molecule has 0 aliphatic carbocycles. The summed E-state index contributed by atoms with van der Waals surface area (Å²) in [5.74, 6) is -0.221. The van der Waals surface area contributed by atoms with Crippen molar-refractivity contribution in [3.05, 3.63) is 0 Å². The van der Waals surface area contributed by atoms with E-state index in [2.05, 4.69) is 0 Å². The van der Waals surface area contributed by atoms with Crippen LogP contribution in [0.1, 0.15) is 26.2 Å². The molecular weight excluding hydrogens is 158 g/mol. The van der Waals surface area contributed by atoms with Gasteiger partial charge in [0.2, 0.25) is 11.8 Å². The number of aliphatic hydroxyl groups excluding tert-OH is 1. The largest absolute Gasteiger partial charge is 0.393 e. The Morgan fingerprint density at radius 2 is 1.92 bits per heavy atom. The average Bonchev–Trinajstić information content (AvgIpc) is 2.28. The molecule has 1 aliphatic heterocycles. The van der Waals surface area contributed by atoms with Crippen LogP contribution in [0.4, 0.5) is 0 Å². The van der Waals surface area contributed by atoms with Gasteiger partial charge in [-0.2, -0.15) is 0 Å². The monoisotopic (exact) mass is 171 g/mol. The SMILES string of the molecule is CC(O)CCN1C(=O)CCC1=O. The van der Waals surface area contributed by atoms with Gasteiger partial charge in [0.15, 0.2) is 0 Å². The van der Waals surface area contributed by atoms with Gasteiger partial charge in [-0.25, -0.2) is 0 Å². The molecular formula is C8H13NO3. The second kappa shape index (κ2) is 3.67. The molecule has 4 nitrogen and oxygen atoms in total. The zero-order valence-corrected chi connectivity index (χ0v) is 7.12. The van der Waals surface area contributed by atoms with E-state index in [0.717, 1.165) is 0 Å². The number of aliphatic hydroxyl groups is 1. The second-order valence-corrected chi connectivity index (χ2v) is 3.08. The van der Waals surface area contributed by atoms with Crippen molar-refractivity contribution in [3.8, 4) is 0 Å². The van der Waals surface area contributed by atoms with Crippen molar-refractivity contribution in [3.63, 3.8) is 0 Å². The zero-order valence-electron chi connectivity index (χ0n) is 7.12. The van der Waals surface area contributed by atoms with Crippen LogP contribution in [0.15, 0.2) is 0 Å². The summed E-state index contributed by atoms with van der Waals surface area (Å²) in [6.45, 7) is 2.00. The molecule has 1 rings (SSSR count). The van der Waals surface area contributed by atoms with Crippen molar-refractivity contribution in [1.82, 2.24) is 4.90 Å². The summed E-state index contributed by atoms with van der Waals surface area (Å²) in [4.78, 5) is 23.3. The number of rotatable bonds is 3. The van der Waals surface area contributed by atoms with Crippen LogP contribution in [0.3, 0.4) is 0 Å². The van der Waals surface area contributed by atoms with Gasteiger partial charge in [0.05, 0.1) is 6.10 Å². The predicted molar refractivity (Wildman–Crippen MR) is 42.3 cm³/mol. The Labute approximate surface area is 71.2 Å². The molecule has 1 unspecified atom stereocenters. The summed E-state index contributed by atoms with van der Waals surface area (Å²) in [5, 5.41) is 8.94. The van der Waals surface area contributed by atoms with Crippen LogP contribution in [0.25, 0.3) is 0 Å². The molecule has 1 saturated heterocycles. The molecule has 68 valence electrons. The number of likely N-dealkylation sites (tertiary alicyclic amines) is 1. The Kier molecular flexibility index (Phi) is 2.81. The first kappa shape index (κ1) is 9.19. The Hall–Kier alpha value is -0.900. The fourth-order valence-electron chi connectivity index (χ4n) is 1.19. The standard InChI is InChI=1S/C8H13NO3/c1-6(10)4-5-9-7(11)2-3-8(9)12/h6,10H,2-5H2,1H3. The Balaban J connectivity index is 2.40. The number of amides is 2. The lowest BCUT2D eigenvalue weighted by atomic mass is 10.3. The van der Waals surface area contributed by atoms with Gasteiger partial charge in [-0.15, -0.1) is 0 Å². The van der Waals surface area contributed by atoms with Gasteiger partial charge in [0.25, 0.3) is 0 Å². The molecule has 1 fully saturated rings.